The lowest BCUT2D eigenvalue weighted by molar-refractivity contribution is 0.0974. The lowest BCUT2D eigenvalue weighted by Gasteiger charge is -2.29. The smallest absolute Gasteiger partial charge is 0.434 e. The fourth-order valence-electron chi connectivity index (χ4n) is 4.82. The molecule has 1 saturated carbocycles. The molecule has 0 amide bonds. The third-order valence-corrected chi connectivity index (χ3v) is 6.86. The van der Waals surface area contributed by atoms with Gasteiger partial charge in [-0.1, -0.05) is 76.6 Å². The number of carbonyl (C=O) groups is 1. The zero-order chi connectivity index (χ0) is 23.5. The molecule has 3 nitrogen and oxygen atoms in total. The van der Waals surface area contributed by atoms with Gasteiger partial charge in [0.15, 0.2) is 0 Å². The van der Waals surface area contributed by atoms with Gasteiger partial charge in [0.2, 0.25) is 0 Å². The zero-order valence-electron chi connectivity index (χ0n) is 20.3. The van der Waals surface area contributed by atoms with Crippen LogP contribution in [0.5, 0.6) is 5.75 Å². The van der Waals surface area contributed by atoms with Crippen molar-refractivity contribution in [3.63, 3.8) is 0 Å². The maximum Gasteiger partial charge on any atom is 0.513 e. The topological polar surface area (TPSA) is 35.5 Å². The molecule has 0 spiro atoms. The van der Waals surface area contributed by atoms with Gasteiger partial charge in [0.05, 0.1) is 6.61 Å². The van der Waals surface area contributed by atoms with Gasteiger partial charge in [0.25, 0.3) is 0 Å². The van der Waals surface area contributed by atoms with Crippen molar-refractivity contribution in [2.24, 2.45) is 5.92 Å². The SMILES string of the molecule is CCCCCOC(=O)Oc1ccc(-c2ccc([C@H]3CC[C@H](CCCCC)CC3)cc2F)cc1. The maximum atomic E-state index is 15.0. The van der Waals surface area contributed by atoms with Crippen molar-refractivity contribution in [3.05, 3.63) is 53.8 Å². The summed E-state index contributed by atoms with van der Waals surface area (Å²) in [5.74, 6) is 1.52. The molecule has 33 heavy (non-hydrogen) atoms. The summed E-state index contributed by atoms with van der Waals surface area (Å²) in [4.78, 5) is 11.8. The molecule has 180 valence electrons. The second-order valence-electron chi connectivity index (χ2n) is 9.38. The number of benzene rings is 2. The van der Waals surface area contributed by atoms with Crippen LogP contribution in [0, 0.1) is 11.7 Å². The first kappa shape index (κ1) is 25.3. The number of rotatable bonds is 11. The quantitative estimate of drug-likeness (QED) is 0.193. The van der Waals surface area contributed by atoms with E-state index in [0.29, 0.717) is 23.8 Å². The Balaban J connectivity index is 1.53. The van der Waals surface area contributed by atoms with E-state index in [-0.39, 0.29) is 5.82 Å². The summed E-state index contributed by atoms with van der Waals surface area (Å²) in [6.45, 7) is 4.71. The summed E-state index contributed by atoms with van der Waals surface area (Å²) in [5, 5.41) is 0. The fraction of sp³-hybridized carbons (Fsp3) is 0.552. The summed E-state index contributed by atoms with van der Waals surface area (Å²) in [7, 11) is 0. The standard InChI is InChI=1S/C29H39FO3/c1-3-5-7-9-22-10-12-23(13-11-22)25-16-19-27(28(30)21-25)24-14-17-26(18-15-24)33-29(31)32-20-8-6-4-2/h14-19,21-23H,3-13,20H2,1-2H3/t22-,23-. The highest BCUT2D eigenvalue weighted by Crippen LogP contribution is 2.39. The van der Waals surface area contributed by atoms with Gasteiger partial charge in [-0.2, -0.15) is 0 Å². The summed E-state index contributed by atoms with van der Waals surface area (Å²) in [5.41, 5.74) is 2.46. The largest absolute Gasteiger partial charge is 0.513 e. The Labute approximate surface area is 198 Å². The minimum atomic E-state index is -0.700. The Hall–Kier alpha value is -2.36. The molecular formula is C29H39FO3. The predicted molar refractivity (Wildman–Crippen MR) is 132 cm³/mol. The van der Waals surface area contributed by atoms with Gasteiger partial charge in [0.1, 0.15) is 11.6 Å². The first-order chi connectivity index (χ1) is 16.1. The first-order valence-corrected chi connectivity index (χ1v) is 12.8. The van der Waals surface area contributed by atoms with E-state index in [1.165, 1.54) is 38.5 Å². The number of unbranched alkanes of at least 4 members (excludes halogenated alkanes) is 4. The molecule has 0 bridgehead atoms. The maximum absolute atomic E-state index is 15.0. The third kappa shape index (κ3) is 7.87. The molecular weight excluding hydrogens is 415 g/mol. The van der Waals surface area contributed by atoms with E-state index in [9.17, 15) is 9.18 Å². The van der Waals surface area contributed by atoms with Gasteiger partial charge in [-0.25, -0.2) is 9.18 Å². The van der Waals surface area contributed by atoms with E-state index in [1.807, 2.05) is 6.07 Å². The van der Waals surface area contributed by atoms with Crippen LogP contribution in [0.4, 0.5) is 9.18 Å². The van der Waals surface area contributed by atoms with Gasteiger partial charge in [-0.05, 0) is 73.3 Å². The van der Waals surface area contributed by atoms with Gasteiger partial charge in [-0.3, -0.25) is 0 Å². The molecule has 0 aliphatic heterocycles. The second-order valence-corrected chi connectivity index (χ2v) is 9.38. The van der Waals surface area contributed by atoms with Gasteiger partial charge >= 0.3 is 6.16 Å². The molecule has 0 aromatic heterocycles. The van der Waals surface area contributed by atoms with Crippen LogP contribution in [0.15, 0.2) is 42.5 Å². The zero-order valence-corrected chi connectivity index (χ0v) is 20.3. The average Bonchev–Trinajstić information content (AvgIpc) is 2.83. The molecule has 3 rings (SSSR count). The van der Waals surface area contributed by atoms with E-state index >= 15 is 0 Å². The van der Waals surface area contributed by atoms with Crippen molar-refractivity contribution in [3.8, 4) is 16.9 Å². The van der Waals surface area contributed by atoms with Crippen LogP contribution < -0.4 is 4.74 Å². The first-order valence-electron chi connectivity index (χ1n) is 12.8. The van der Waals surface area contributed by atoms with Crippen molar-refractivity contribution in [1.29, 1.82) is 0 Å². The van der Waals surface area contributed by atoms with E-state index in [0.717, 1.165) is 49.1 Å². The minimum Gasteiger partial charge on any atom is -0.434 e. The lowest BCUT2D eigenvalue weighted by atomic mass is 9.77. The van der Waals surface area contributed by atoms with Crippen molar-refractivity contribution >= 4 is 6.16 Å². The van der Waals surface area contributed by atoms with E-state index in [2.05, 4.69) is 19.9 Å². The Morgan fingerprint density at radius 3 is 2.27 bits per heavy atom. The summed E-state index contributed by atoms with van der Waals surface area (Å²) in [6.07, 6.45) is 12.4. The molecule has 0 atom stereocenters. The minimum absolute atomic E-state index is 0.193. The number of halogens is 1. The molecule has 1 aliphatic carbocycles. The average molecular weight is 455 g/mol. The van der Waals surface area contributed by atoms with Crippen LogP contribution in [-0.4, -0.2) is 12.8 Å². The van der Waals surface area contributed by atoms with Crippen LogP contribution in [0.3, 0.4) is 0 Å². The summed E-state index contributed by atoms with van der Waals surface area (Å²) >= 11 is 0. The summed E-state index contributed by atoms with van der Waals surface area (Å²) in [6, 6.07) is 12.6. The molecule has 1 fully saturated rings. The third-order valence-electron chi connectivity index (χ3n) is 6.86. The molecule has 4 heteroatoms. The van der Waals surface area contributed by atoms with Crippen LogP contribution in [0.1, 0.15) is 96.0 Å². The van der Waals surface area contributed by atoms with Crippen molar-refractivity contribution in [2.75, 3.05) is 6.61 Å². The van der Waals surface area contributed by atoms with Gasteiger partial charge in [0, 0.05) is 5.56 Å². The monoisotopic (exact) mass is 454 g/mol. The molecule has 0 N–H and O–H groups in total. The molecule has 2 aromatic rings. The van der Waals surface area contributed by atoms with Crippen LogP contribution >= 0.6 is 0 Å². The molecule has 1 aliphatic rings. The van der Waals surface area contributed by atoms with Crippen LogP contribution in [0.25, 0.3) is 11.1 Å². The summed E-state index contributed by atoms with van der Waals surface area (Å²) < 4.78 is 25.2. The highest BCUT2D eigenvalue weighted by atomic mass is 19.1. The lowest BCUT2D eigenvalue weighted by Crippen LogP contribution is -2.13. The molecule has 2 aromatic carbocycles. The Bertz CT molecular complexity index is 854. The molecule has 0 unspecified atom stereocenters. The Kier molecular flexibility index (Phi) is 10.2. The van der Waals surface area contributed by atoms with E-state index < -0.39 is 6.16 Å². The normalized spacial score (nSPS) is 18.2. The van der Waals surface area contributed by atoms with Crippen LogP contribution in [0.2, 0.25) is 0 Å². The number of hydrogen-bond acceptors (Lipinski definition) is 3. The van der Waals surface area contributed by atoms with Crippen molar-refractivity contribution in [2.45, 2.75) is 90.4 Å². The van der Waals surface area contributed by atoms with E-state index in [1.54, 1.807) is 30.3 Å². The highest BCUT2D eigenvalue weighted by Gasteiger charge is 2.23. The van der Waals surface area contributed by atoms with Crippen LogP contribution in [-0.2, 0) is 4.74 Å². The Morgan fingerprint density at radius 1 is 0.909 bits per heavy atom. The second kappa shape index (κ2) is 13.4. The van der Waals surface area contributed by atoms with Crippen molar-refractivity contribution < 1.29 is 18.7 Å². The molecule has 0 radical (unpaired) electrons. The number of ether oxygens (including phenoxy) is 2. The van der Waals surface area contributed by atoms with Crippen molar-refractivity contribution in [1.82, 2.24) is 0 Å². The van der Waals surface area contributed by atoms with Gasteiger partial charge in [-0.15, -0.1) is 0 Å². The van der Waals surface area contributed by atoms with E-state index in [4.69, 9.17) is 9.47 Å². The fourth-order valence-corrected chi connectivity index (χ4v) is 4.82. The Morgan fingerprint density at radius 2 is 1.61 bits per heavy atom. The number of hydrogen-bond donors (Lipinski definition) is 0. The highest BCUT2D eigenvalue weighted by molar-refractivity contribution is 5.67. The molecule has 0 heterocycles. The number of carbonyl (C=O) groups excluding carboxylic acids is 1. The predicted octanol–water partition coefficient (Wildman–Crippen LogP) is 9.05. The van der Waals surface area contributed by atoms with Gasteiger partial charge < -0.3 is 9.47 Å². The molecule has 0 saturated heterocycles.